The summed E-state index contributed by atoms with van der Waals surface area (Å²) in [4.78, 5) is 110. The van der Waals surface area contributed by atoms with Crippen molar-refractivity contribution in [2.24, 2.45) is 0 Å². The van der Waals surface area contributed by atoms with Gasteiger partial charge in [-0.05, 0) is 309 Å². The highest BCUT2D eigenvalue weighted by atomic mass is 15.1. The van der Waals surface area contributed by atoms with Crippen molar-refractivity contribution in [2.45, 2.75) is 152 Å². The molecule has 0 saturated heterocycles. The van der Waals surface area contributed by atoms with Crippen LogP contribution in [0, 0.1) is 152 Å². The summed E-state index contributed by atoms with van der Waals surface area (Å²) in [6, 6.07) is 81.6. The zero-order chi connectivity index (χ0) is 102. The molecule has 28 nitrogen and oxygen atoms in total. The molecule has 0 aliphatic heterocycles. The van der Waals surface area contributed by atoms with E-state index in [1.165, 1.54) is 76.5 Å². The molecular formula is C118H104N28. The molecule has 0 unspecified atom stereocenters. The number of aromatic nitrogens is 28. The smallest absolute Gasteiger partial charge is 0.165 e. The Morgan fingerprint density at radius 3 is 0.541 bits per heavy atom. The Labute approximate surface area is 843 Å². The second-order valence-electron chi connectivity index (χ2n) is 37.5. The van der Waals surface area contributed by atoms with Crippen molar-refractivity contribution >= 4 is 87.2 Å². The van der Waals surface area contributed by atoms with Gasteiger partial charge in [-0.2, -0.15) is 0 Å². The van der Waals surface area contributed by atoms with Gasteiger partial charge in [0.1, 0.15) is 93.2 Å². The first-order valence-electron chi connectivity index (χ1n) is 48.5. The van der Waals surface area contributed by atoms with E-state index in [2.05, 4.69) is 370 Å². The van der Waals surface area contributed by atoms with Crippen molar-refractivity contribution in [3.8, 4) is 114 Å². The Kier molecular flexibility index (Phi) is 24.6. The molecular weight excluding hydrogens is 1810 g/mol. The van der Waals surface area contributed by atoms with Crippen molar-refractivity contribution in [3.63, 3.8) is 0 Å². The van der Waals surface area contributed by atoms with Crippen LogP contribution in [0.15, 0.2) is 231 Å². The van der Waals surface area contributed by atoms with Crippen LogP contribution in [-0.4, -0.2) is 138 Å². The maximum absolute atomic E-state index is 4.75. The summed E-state index contributed by atoms with van der Waals surface area (Å²) in [5, 5.41) is 9.70. The second-order valence-corrected chi connectivity index (χ2v) is 37.5. The largest absolute Gasteiger partial charge is 0.309 e. The number of fused-ring (bicyclic) bond motifs is 12. The van der Waals surface area contributed by atoms with E-state index in [0.29, 0.717) is 140 Å². The van der Waals surface area contributed by atoms with Crippen LogP contribution in [0.2, 0.25) is 0 Å². The summed E-state index contributed by atoms with van der Waals surface area (Å²) in [6.45, 7) is 43.0. The van der Waals surface area contributed by atoms with Crippen LogP contribution in [-0.2, 0) is 0 Å². The molecule has 0 spiro atoms. The Morgan fingerprint density at radius 2 is 0.301 bits per heavy atom. The highest BCUT2D eigenvalue weighted by molar-refractivity contribution is 6.14. The van der Waals surface area contributed by atoms with Crippen LogP contribution in [0.3, 0.4) is 0 Å². The third-order valence-electron chi connectivity index (χ3n) is 25.6. The Morgan fingerprint density at radius 1 is 0.130 bits per heavy atom. The first kappa shape index (κ1) is 94.2. The van der Waals surface area contributed by atoms with Crippen LogP contribution in [0.4, 0.5) is 0 Å². The van der Waals surface area contributed by atoms with E-state index in [-0.39, 0.29) is 0 Å². The minimum absolute atomic E-state index is 0.623. The van der Waals surface area contributed by atoms with Crippen LogP contribution < -0.4 is 0 Å². The lowest BCUT2D eigenvalue weighted by molar-refractivity contribution is 0.923. The lowest BCUT2D eigenvalue weighted by atomic mass is 10.1. The summed E-state index contributed by atoms with van der Waals surface area (Å²) in [5.41, 5.74) is 27.4. The van der Waals surface area contributed by atoms with E-state index in [1.807, 2.05) is 111 Å². The van der Waals surface area contributed by atoms with E-state index in [4.69, 9.17) is 39.9 Å². The van der Waals surface area contributed by atoms with Crippen molar-refractivity contribution in [3.05, 3.63) is 357 Å². The quantitative estimate of drug-likeness (QED) is 0.110. The van der Waals surface area contributed by atoms with Crippen LogP contribution >= 0.6 is 0 Å². The monoisotopic (exact) mass is 1910 g/mol. The fraction of sp³-hybridized carbons (Fsp3) is 0.186. The summed E-state index contributed by atoms with van der Waals surface area (Å²) >= 11 is 0. The van der Waals surface area contributed by atoms with Crippen LogP contribution in [0.25, 0.3) is 201 Å². The Hall–Kier alpha value is -18.1. The fourth-order valence-corrected chi connectivity index (χ4v) is 19.8. The maximum atomic E-state index is 4.75. The van der Waals surface area contributed by atoms with Gasteiger partial charge in [0.15, 0.2) is 46.6 Å². The molecule has 12 aromatic heterocycles. The zero-order valence-electron chi connectivity index (χ0n) is 85.5. The van der Waals surface area contributed by atoms with Gasteiger partial charge < -0.3 is 18.3 Å². The van der Waals surface area contributed by atoms with Crippen LogP contribution in [0.5, 0.6) is 0 Å². The number of rotatable bonds is 12. The standard InChI is InChI=1S/2C30H27N7.2C29H25N7/c1-16-7-10-26-23(13-16)24-14-17(2)8-11-27(24)37(26)28-12-9-22(29-33-18(3)31-19(4)34-29)15-25(28)30-35-20(5)32-21(6)36-30;1-16-7-10-23-24-11-8-17(2)14-28(24)37(27(23)13-16)26-12-9-22(29-33-18(3)31-19(4)34-29)15-25(26)30-35-20(5)32-21(6)36-30;1-16-10-12-26-23(14-16)22-8-6-7-9-25(22)36(26)27-13-11-21(28-32-17(2)30-18(3)33-28)15-24(27)29-34-19(4)31-20(5)35-29;1-16-10-12-23-22-8-6-7-9-25(22)36(27(23)14-16)26-13-11-21(28-32-17(2)30-18(3)33-28)15-24(26)29-34-19(4)31-20(5)35-29/h2*7-15H,1-6H3;2*6-15H,1-5H3. The molecule has 12 aromatic carbocycles. The van der Waals surface area contributed by atoms with Gasteiger partial charge in [0.05, 0.1) is 66.9 Å². The lowest BCUT2D eigenvalue weighted by Crippen LogP contribution is -2.04. The molecule has 0 N–H and O–H groups in total. The Balaban J connectivity index is 0.000000114. The van der Waals surface area contributed by atoms with Gasteiger partial charge in [0.2, 0.25) is 0 Å². The van der Waals surface area contributed by atoms with Gasteiger partial charge >= 0.3 is 0 Å². The van der Waals surface area contributed by atoms with Gasteiger partial charge in [0, 0.05) is 87.6 Å². The SMILES string of the molecule is Cc1ccc2c(c1)c1cc(C)ccc1n2-c1ccc(-c2nc(C)nc(C)n2)cc1-c1nc(C)nc(C)n1.Cc1ccc2c(c1)c1ccccc1n2-c1ccc(-c2nc(C)nc(C)n2)cc1-c1nc(C)nc(C)n1.Cc1ccc2c3ccc(C)cc3n(-c3ccc(-c4nc(C)nc(C)n4)cc3-c3nc(C)nc(C)n3)c2c1.Cc1ccc2c3ccccc3n(-c3ccc(-c4nc(C)nc(C)n4)cc3-c3nc(C)nc(C)n3)c2c1. The third-order valence-corrected chi connectivity index (χ3v) is 25.6. The summed E-state index contributed by atoms with van der Waals surface area (Å²) in [6.07, 6.45) is 0. The average molecular weight is 1910 g/mol. The highest BCUT2D eigenvalue weighted by Crippen LogP contribution is 2.45. The number of hydrogen-bond acceptors (Lipinski definition) is 24. The molecule has 146 heavy (non-hydrogen) atoms. The first-order chi connectivity index (χ1) is 70.3. The maximum Gasteiger partial charge on any atom is 0.165 e. The van der Waals surface area contributed by atoms with E-state index in [9.17, 15) is 0 Å². The number of aryl methyl sites for hydroxylation is 22. The molecule has 24 rings (SSSR count). The van der Waals surface area contributed by atoms with E-state index >= 15 is 0 Å². The second kappa shape index (κ2) is 38.1. The van der Waals surface area contributed by atoms with E-state index in [0.717, 1.165) is 111 Å². The average Bonchev–Trinajstić information content (AvgIpc) is 1.59. The van der Waals surface area contributed by atoms with Gasteiger partial charge in [-0.25, -0.2) is 120 Å². The van der Waals surface area contributed by atoms with Crippen molar-refractivity contribution in [2.75, 3.05) is 0 Å². The van der Waals surface area contributed by atoms with E-state index < -0.39 is 0 Å². The molecule has 0 atom stereocenters. The van der Waals surface area contributed by atoms with Gasteiger partial charge in [0.25, 0.3) is 0 Å². The predicted octanol–water partition coefficient (Wildman–Crippen LogP) is 24.7. The topological polar surface area (TPSA) is 329 Å². The molecule has 0 aliphatic rings. The molecule has 0 aliphatic carbocycles. The summed E-state index contributed by atoms with van der Waals surface area (Å²) in [7, 11) is 0. The van der Waals surface area contributed by atoms with Crippen molar-refractivity contribution in [1.29, 1.82) is 0 Å². The molecule has 0 fully saturated rings. The highest BCUT2D eigenvalue weighted by Gasteiger charge is 2.28. The minimum Gasteiger partial charge on any atom is -0.309 e. The summed E-state index contributed by atoms with van der Waals surface area (Å²) < 4.78 is 9.22. The predicted molar refractivity (Wildman–Crippen MR) is 578 cm³/mol. The van der Waals surface area contributed by atoms with Crippen molar-refractivity contribution in [1.82, 2.24) is 138 Å². The molecule has 716 valence electrons. The van der Waals surface area contributed by atoms with Crippen LogP contribution in [0.1, 0.15) is 127 Å². The minimum atomic E-state index is 0.623. The zero-order valence-corrected chi connectivity index (χ0v) is 85.5. The van der Waals surface area contributed by atoms with Gasteiger partial charge in [-0.1, -0.05) is 108 Å². The number of para-hydroxylation sites is 2. The third kappa shape index (κ3) is 18.5. The number of hydrogen-bond donors (Lipinski definition) is 0. The number of benzene rings is 12. The number of nitrogens with zero attached hydrogens (tertiary/aromatic N) is 28. The molecule has 24 aromatic rings. The summed E-state index contributed by atoms with van der Waals surface area (Å²) in [5.74, 6) is 16.0. The fourth-order valence-electron chi connectivity index (χ4n) is 19.8. The molecule has 0 radical (unpaired) electrons. The molecule has 28 heteroatoms. The van der Waals surface area contributed by atoms with E-state index in [1.54, 1.807) is 0 Å². The van der Waals surface area contributed by atoms with Gasteiger partial charge in [-0.3, -0.25) is 0 Å². The molecule has 0 bridgehead atoms. The normalized spacial score (nSPS) is 11.5. The Bertz CT molecular complexity index is 9170. The van der Waals surface area contributed by atoms with Crippen molar-refractivity contribution < 1.29 is 0 Å². The molecule has 0 amide bonds. The first-order valence-corrected chi connectivity index (χ1v) is 48.5. The van der Waals surface area contributed by atoms with Gasteiger partial charge in [-0.15, -0.1) is 0 Å². The molecule has 0 saturated carbocycles. The molecule has 12 heterocycles. The lowest BCUT2D eigenvalue weighted by Gasteiger charge is -2.15.